The largest absolute Gasteiger partial charge is 0.384 e. The second kappa shape index (κ2) is 12.8. The van der Waals surface area contributed by atoms with Crippen molar-refractivity contribution >= 4 is 33.5 Å². The third-order valence-electron chi connectivity index (χ3n) is 8.26. The van der Waals surface area contributed by atoms with Crippen molar-refractivity contribution in [1.82, 2.24) is 14.5 Å². The summed E-state index contributed by atoms with van der Waals surface area (Å²) < 4.78 is 8.24. The summed E-state index contributed by atoms with van der Waals surface area (Å²) in [5, 5.41) is 9.97. The van der Waals surface area contributed by atoms with Gasteiger partial charge in [0.15, 0.2) is 0 Å². The first-order valence-electron chi connectivity index (χ1n) is 15.0. The lowest BCUT2D eigenvalue weighted by atomic mass is 10.1. The average Bonchev–Trinajstić information content (AvgIpc) is 3.67. The highest BCUT2D eigenvalue weighted by atomic mass is 16.5. The molecule has 1 fully saturated rings. The molecule has 0 spiro atoms. The summed E-state index contributed by atoms with van der Waals surface area (Å²) in [6.07, 6.45) is 3.81. The van der Waals surface area contributed by atoms with E-state index in [0.29, 0.717) is 25.2 Å². The molecule has 1 aliphatic rings. The average molecular weight is 575 g/mol. The highest BCUT2D eigenvalue weighted by Gasteiger charge is 2.22. The molecule has 1 aliphatic heterocycles. The number of rotatable bonds is 11. The summed E-state index contributed by atoms with van der Waals surface area (Å²) in [4.78, 5) is 20.7. The van der Waals surface area contributed by atoms with Gasteiger partial charge >= 0.3 is 0 Å². The van der Waals surface area contributed by atoms with Gasteiger partial charge in [0, 0.05) is 43.8 Å². The number of amidine groups is 1. The first-order chi connectivity index (χ1) is 21.0. The molecule has 1 aromatic heterocycles. The van der Waals surface area contributed by atoms with Crippen LogP contribution in [-0.2, 0) is 30.7 Å². The highest BCUT2D eigenvalue weighted by Crippen LogP contribution is 2.24. The number of carbonyl (C=O) groups excluding carboxylic acids is 1. The minimum absolute atomic E-state index is 0.0544. The van der Waals surface area contributed by atoms with E-state index in [4.69, 9.17) is 26.6 Å². The molecular weight excluding hydrogens is 536 g/mol. The Morgan fingerprint density at radius 2 is 1.72 bits per heavy atom. The van der Waals surface area contributed by atoms with Crippen LogP contribution in [0.25, 0.3) is 21.8 Å². The number of nitrogen functional groups attached to an aromatic ring is 1. The number of hydrogen-bond acceptors (Lipinski definition) is 5. The Labute approximate surface area is 251 Å². The smallest absolute Gasteiger partial charge is 0.254 e. The third-order valence-corrected chi connectivity index (χ3v) is 8.26. The number of hydrogen-bond donors (Lipinski definition) is 3. The van der Waals surface area contributed by atoms with Crippen molar-refractivity contribution in [2.75, 3.05) is 19.7 Å². The van der Waals surface area contributed by atoms with Crippen LogP contribution >= 0.6 is 0 Å². The van der Waals surface area contributed by atoms with Crippen LogP contribution in [0.15, 0.2) is 84.9 Å². The summed E-state index contributed by atoms with van der Waals surface area (Å²) >= 11 is 0. The van der Waals surface area contributed by atoms with Crippen molar-refractivity contribution < 1.29 is 9.53 Å². The van der Waals surface area contributed by atoms with Crippen molar-refractivity contribution in [3.05, 3.63) is 113 Å². The molecule has 5 N–H and O–H groups in total. The van der Waals surface area contributed by atoms with Gasteiger partial charge in [-0.1, -0.05) is 60.7 Å². The van der Waals surface area contributed by atoms with E-state index in [-0.39, 0.29) is 17.8 Å². The second-order valence-corrected chi connectivity index (χ2v) is 11.3. The van der Waals surface area contributed by atoms with E-state index in [1.54, 1.807) is 0 Å². The molecule has 1 unspecified atom stereocenters. The molecule has 220 valence electrons. The molecule has 0 radical (unpaired) electrons. The lowest BCUT2D eigenvalue weighted by molar-refractivity contribution is 0.0748. The van der Waals surface area contributed by atoms with Crippen LogP contribution in [0.1, 0.15) is 45.7 Å². The fourth-order valence-electron chi connectivity index (χ4n) is 5.95. The van der Waals surface area contributed by atoms with E-state index >= 15 is 0 Å². The van der Waals surface area contributed by atoms with Gasteiger partial charge in [-0.3, -0.25) is 10.2 Å². The molecule has 1 atom stereocenters. The van der Waals surface area contributed by atoms with E-state index in [2.05, 4.69) is 34.9 Å². The van der Waals surface area contributed by atoms with Gasteiger partial charge in [0.1, 0.15) is 11.7 Å². The molecule has 2 heterocycles. The summed E-state index contributed by atoms with van der Waals surface area (Å²) in [6.45, 7) is 2.87. The second-order valence-electron chi connectivity index (χ2n) is 11.3. The van der Waals surface area contributed by atoms with Crippen LogP contribution in [0.3, 0.4) is 0 Å². The van der Waals surface area contributed by atoms with Crippen molar-refractivity contribution in [3.8, 4) is 0 Å². The Hall–Kier alpha value is -4.53. The lowest BCUT2D eigenvalue weighted by Crippen LogP contribution is -2.34. The van der Waals surface area contributed by atoms with Crippen molar-refractivity contribution in [1.29, 1.82) is 5.41 Å². The maximum atomic E-state index is 13.8. The zero-order valence-corrected chi connectivity index (χ0v) is 24.3. The van der Waals surface area contributed by atoms with E-state index in [0.717, 1.165) is 77.8 Å². The Kier molecular flexibility index (Phi) is 8.49. The quantitative estimate of drug-likeness (QED) is 0.151. The Bertz CT molecular complexity index is 1750. The number of nitrogens with zero attached hydrogens (tertiary/aromatic N) is 3. The Morgan fingerprint density at radius 1 is 0.953 bits per heavy atom. The predicted molar refractivity (Wildman–Crippen MR) is 171 cm³/mol. The van der Waals surface area contributed by atoms with E-state index in [9.17, 15) is 4.79 Å². The standard InChI is InChI=1S/C35H38N6O2/c36-17-18-40(22-25-9-11-26-4-1-2-5-28(26)20-25)35(42)29-14-15-32-31(21-29)39-33(41(32)23-30-6-3-19-43-30)16-10-24-7-12-27(13-8-24)34(37)38/h1-2,4-5,7-9,11-15,20-21,30H,3,6,10,16-19,22-23,36H2,(H3,37,38). The molecule has 1 saturated heterocycles. The van der Waals surface area contributed by atoms with Crippen molar-refractivity contribution in [2.45, 2.75) is 44.9 Å². The minimum atomic E-state index is -0.0544. The number of ether oxygens (including phenoxy) is 1. The zero-order valence-electron chi connectivity index (χ0n) is 24.3. The topological polar surface area (TPSA) is 123 Å². The number of aromatic nitrogens is 2. The molecule has 8 nitrogen and oxygen atoms in total. The normalized spacial score (nSPS) is 14.9. The summed E-state index contributed by atoms with van der Waals surface area (Å²) in [6, 6.07) is 28.2. The molecular formula is C35H38N6O2. The number of nitrogens with one attached hydrogen (secondary N) is 1. The Morgan fingerprint density at radius 3 is 2.47 bits per heavy atom. The summed E-state index contributed by atoms with van der Waals surface area (Å²) in [5.74, 6) is 0.986. The van der Waals surface area contributed by atoms with Crippen LogP contribution in [0.2, 0.25) is 0 Å². The fourth-order valence-corrected chi connectivity index (χ4v) is 5.95. The van der Waals surface area contributed by atoms with Crippen molar-refractivity contribution in [3.63, 3.8) is 0 Å². The highest BCUT2D eigenvalue weighted by molar-refractivity contribution is 5.97. The molecule has 8 heteroatoms. The monoisotopic (exact) mass is 574 g/mol. The molecule has 0 bridgehead atoms. The van der Waals surface area contributed by atoms with Gasteiger partial charge in [0.2, 0.25) is 0 Å². The SMILES string of the molecule is N=C(N)c1ccc(CCc2nc3cc(C(=O)N(CCN)Cc4ccc5ccccc5c4)ccc3n2CC2CCCO2)cc1. The molecule has 4 aromatic carbocycles. The summed E-state index contributed by atoms with van der Waals surface area (Å²) in [7, 11) is 0. The number of benzene rings is 4. The molecule has 43 heavy (non-hydrogen) atoms. The number of nitrogens with two attached hydrogens (primary N) is 2. The van der Waals surface area contributed by atoms with Crippen molar-refractivity contribution in [2.24, 2.45) is 11.5 Å². The predicted octanol–water partition coefficient (Wildman–Crippen LogP) is 5.04. The van der Waals surface area contributed by atoms with Gasteiger partial charge in [0.25, 0.3) is 5.91 Å². The lowest BCUT2D eigenvalue weighted by Gasteiger charge is -2.22. The van der Waals surface area contributed by atoms with Crippen LogP contribution in [-0.4, -0.2) is 52.0 Å². The Balaban J connectivity index is 1.26. The number of imidazole rings is 1. The number of amides is 1. The number of fused-ring (bicyclic) bond motifs is 2. The van der Waals surface area contributed by atoms with Gasteiger partial charge in [0.05, 0.1) is 23.7 Å². The first-order valence-corrected chi connectivity index (χ1v) is 15.0. The maximum absolute atomic E-state index is 13.8. The van der Waals surface area contributed by atoms with E-state index < -0.39 is 0 Å². The maximum Gasteiger partial charge on any atom is 0.254 e. The first kappa shape index (κ1) is 28.6. The molecule has 6 rings (SSSR count). The van der Waals surface area contributed by atoms with E-state index in [1.807, 2.05) is 59.5 Å². The molecule has 0 saturated carbocycles. The van der Waals surface area contributed by atoms with Gasteiger partial charge in [-0.05, 0) is 65.4 Å². The van der Waals surface area contributed by atoms with Gasteiger partial charge < -0.3 is 25.7 Å². The molecule has 0 aliphatic carbocycles. The minimum Gasteiger partial charge on any atom is -0.384 e. The van der Waals surface area contributed by atoms with Gasteiger partial charge in [-0.2, -0.15) is 0 Å². The molecule has 5 aromatic rings. The number of aryl methyl sites for hydroxylation is 2. The van der Waals surface area contributed by atoms with Crippen LogP contribution in [0, 0.1) is 5.41 Å². The van der Waals surface area contributed by atoms with Gasteiger partial charge in [-0.15, -0.1) is 0 Å². The van der Waals surface area contributed by atoms with Crippen LogP contribution in [0.4, 0.5) is 0 Å². The van der Waals surface area contributed by atoms with Crippen LogP contribution in [0.5, 0.6) is 0 Å². The van der Waals surface area contributed by atoms with E-state index in [1.165, 1.54) is 5.39 Å². The zero-order chi connectivity index (χ0) is 29.8. The van der Waals surface area contributed by atoms with Crippen LogP contribution < -0.4 is 11.5 Å². The van der Waals surface area contributed by atoms with Gasteiger partial charge in [-0.25, -0.2) is 4.98 Å². The summed E-state index contributed by atoms with van der Waals surface area (Å²) in [5.41, 5.74) is 16.9. The fraction of sp³-hybridized carbons (Fsp3) is 0.286. The number of carbonyl (C=O) groups is 1. The molecule has 1 amide bonds. The third kappa shape index (κ3) is 6.45.